The maximum Gasteiger partial charge on any atom is 0.324 e. The van der Waals surface area contributed by atoms with E-state index in [0.717, 1.165) is 5.56 Å². The molecule has 0 aliphatic rings. The zero-order chi connectivity index (χ0) is 10.4. The molecule has 3 heteroatoms. The highest BCUT2D eigenvalue weighted by molar-refractivity contribution is 9.10. The number of carbonyl (C=O) groups excluding carboxylic acids is 1. The second-order valence-corrected chi connectivity index (χ2v) is 4.14. The second-order valence-electron chi connectivity index (χ2n) is 2.77. The maximum absolute atomic E-state index is 11.0. The van der Waals surface area contributed by atoms with Crippen LogP contribution in [-0.2, 0) is 9.53 Å². The Bertz CT molecular complexity index is 317. The van der Waals surface area contributed by atoms with Gasteiger partial charge in [0.05, 0.1) is 6.26 Å². The number of rotatable bonds is 3. The summed E-state index contributed by atoms with van der Waals surface area (Å²) in [4.78, 5) is 10.7. The van der Waals surface area contributed by atoms with Crippen LogP contribution in [-0.4, -0.2) is 10.8 Å². The molecule has 0 N–H and O–H groups in total. The molecule has 1 aromatic carbocycles. The molecule has 0 spiro atoms. The van der Waals surface area contributed by atoms with Crippen LogP contribution in [0.5, 0.6) is 0 Å². The minimum Gasteiger partial charge on any atom is -0.434 e. The van der Waals surface area contributed by atoms with Gasteiger partial charge in [-0.1, -0.05) is 46.3 Å². The van der Waals surface area contributed by atoms with Crippen LogP contribution >= 0.6 is 15.9 Å². The zero-order valence-electron chi connectivity index (χ0n) is 7.81. The summed E-state index contributed by atoms with van der Waals surface area (Å²) in [6.07, 6.45) is 3.14. The van der Waals surface area contributed by atoms with E-state index in [1.165, 1.54) is 6.26 Å². The van der Waals surface area contributed by atoms with Gasteiger partial charge in [0.2, 0.25) is 0 Å². The van der Waals surface area contributed by atoms with Crippen LogP contribution in [0.15, 0.2) is 36.6 Å². The fourth-order valence-corrected chi connectivity index (χ4v) is 0.945. The van der Waals surface area contributed by atoms with E-state index in [9.17, 15) is 4.79 Å². The van der Waals surface area contributed by atoms with Gasteiger partial charge in [-0.15, -0.1) is 0 Å². The molecular formula is C11H11BrO2. The van der Waals surface area contributed by atoms with Crippen molar-refractivity contribution in [3.05, 3.63) is 42.2 Å². The Morgan fingerprint density at radius 2 is 2.07 bits per heavy atom. The van der Waals surface area contributed by atoms with Crippen molar-refractivity contribution in [1.29, 1.82) is 0 Å². The average molecular weight is 255 g/mol. The molecule has 0 heterocycles. The van der Waals surface area contributed by atoms with E-state index in [4.69, 9.17) is 4.74 Å². The van der Waals surface area contributed by atoms with Crippen molar-refractivity contribution in [2.75, 3.05) is 0 Å². The third kappa shape index (κ3) is 3.75. The van der Waals surface area contributed by atoms with Crippen LogP contribution in [0.4, 0.5) is 0 Å². The van der Waals surface area contributed by atoms with Gasteiger partial charge < -0.3 is 4.74 Å². The molecule has 0 bridgehead atoms. The molecule has 0 saturated carbocycles. The van der Waals surface area contributed by atoms with Gasteiger partial charge >= 0.3 is 5.97 Å². The van der Waals surface area contributed by atoms with Crippen LogP contribution < -0.4 is 0 Å². The number of carbonyl (C=O) groups is 1. The smallest absolute Gasteiger partial charge is 0.324 e. The van der Waals surface area contributed by atoms with E-state index < -0.39 is 0 Å². The normalized spacial score (nSPS) is 12.7. The van der Waals surface area contributed by atoms with Gasteiger partial charge in [-0.3, -0.25) is 4.79 Å². The highest BCUT2D eigenvalue weighted by Gasteiger charge is 2.07. The molecular weight excluding hydrogens is 244 g/mol. The molecule has 74 valence electrons. The van der Waals surface area contributed by atoms with Gasteiger partial charge in [0.15, 0.2) is 0 Å². The second kappa shape index (κ2) is 5.60. The molecule has 1 unspecified atom stereocenters. The predicted molar refractivity (Wildman–Crippen MR) is 60.0 cm³/mol. The molecule has 1 rings (SSSR count). The van der Waals surface area contributed by atoms with E-state index in [2.05, 4.69) is 15.9 Å². The standard InChI is InChI=1S/C11H11BrO2/c1-9(12)11(13)14-8-7-10-5-3-2-4-6-10/h2-9H,1H3/b8-7+. The lowest BCUT2D eigenvalue weighted by Gasteiger charge is -1.99. The molecule has 0 amide bonds. The molecule has 0 aliphatic heterocycles. The number of esters is 1. The molecule has 0 aromatic heterocycles. The van der Waals surface area contributed by atoms with Crippen molar-refractivity contribution < 1.29 is 9.53 Å². The Labute approximate surface area is 91.7 Å². The maximum atomic E-state index is 11.0. The van der Waals surface area contributed by atoms with Gasteiger partial charge in [-0.25, -0.2) is 0 Å². The number of halogens is 1. The summed E-state index contributed by atoms with van der Waals surface area (Å²) >= 11 is 3.12. The number of benzene rings is 1. The first-order chi connectivity index (χ1) is 6.70. The van der Waals surface area contributed by atoms with E-state index in [1.807, 2.05) is 30.3 Å². The summed E-state index contributed by atoms with van der Waals surface area (Å²) in [5.74, 6) is -0.294. The fourth-order valence-electron chi connectivity index (χ4n) is 0.838. The first-order valence-electron chi connectivity index (χ1n) is 4.26. The molecule has 0 fully saturated rings. The van der Waals surface area contributed by atoms with Crippen LogP contribution in [0, 0.1) is 0 Å². The van der Waals surface area contributed by atoms with Gasteiger partial charge in [0.25, 0.3) is 0 Å². The Balaban J connectivity index is 2.46. The van der Waals surface area contributed by atoms with Gasteiger partial charge in [-0.2, -0.15) is 0 Å². The van der Waals surface area contributed by atoms with Gasteiger partial charge in [-0.05, 0) is 18.6 Å². The summed E-state index contributed by atoms with van der Waals surface area (Å²) in [6.45, 7) is 1.72. The highest BCUT2D eigenvalue weighted by atomic mass is 79.9. The molecule has 14 heavy (non-hydrogen) atoms. The van der Waals surface area contributed by atoms with Crippen LogP contribution in [0.1, 0.15) is 12.5 Å². The monoisotopic (exact) mass is 254 g/mol. The third-order valence-electron chi connectivity index (χ3n) is 1.57. The molecule has 2 nitrogen and oxygen atoms in total. The van der Waals surface area contributed by atoms with Crippen molar-refractivity contribution in [3.63, 3.8) is 0 Å². The highest BCUT2D eigenvalue weighted by Crippen LogP contribution is 2.03. The number of hydrogen-bond acceptors (Lipinski definition) is 2. The minimum absolute atomic E-state index is 0.275. The Morgan fingerprint density at radius 3 is 2.64 bits per heavy atom. The van der Waals surface area contributed by atoms with Gasteiger partial charge in [0, 0.05) is 0 Å². The van der Waals surface area contributed by atoms with Crippen molar-refractivity contribution >= 4 is 28.0 Å². The summed E-state index contributed by atoms with van der Waals surface area (Å²) in [7, 11) is 0. The predicted octanol–water partition coefficient (Wildman–Crippen LogP) is 2.98. The van der Waals surface area contributed by atoms with E-state index in [-0.39, 0.29) is 10.8 Å². The van der Waals surface area contributed by atoms with Crippen molar-refractivity contribution in [3.8, 4) is 0 Å². The van der Waals surface area contributed by atoms with Crippen LogP contribution in [0.2, 0.25) is 0 Å². The molecule has 0 radical (unpaired) electrons. The number of alkyl halides is 1. The first kappa shape index (κ1) is 11.0. The molecule has 0 saturated heterocycles. The quantitative estimate of drug-likeness (QED) is 0.471. The molecule has 1 aromatic rings. The average Bonchev–Trinajstić information content (AvgIpc) is 2.19. The van der Waals surface area contributed by atoms with Crippen LogP contribution in [0.3, 0.4) is 0 Å². The van der Waals surface area contributed by atoms with Crippen LogP contribution in [0.25, 0.3) is 6.08 Å². The van der Waals surface area contributed by atoms with Gasteiger partial charge in [0.1, 0.15) is 4.83 Å². The Hall–Kier alpha value is -1.09. The molecule has 0 aliphatic carbocycles. The van der Waals surface area contributed by atoms with Crippen molar-refractivity contribution in [2.24, 2.45) is 0 Å². The van der Waals surface area contributed by atoms with E-state index in [0.29, 0.717) is 0 Å². The number of hydrogen-bond donors (Lipinski definition) is 0. The Kier molecular flexibility index (Phi) is 4.40. The SMILES string of the molecule is CC(Br)C(=O)O/C=C/c1ccccc1. The summed E-state index contributed by atoms with van der Waals surface area (Å²) in [6, 6.07) is 9.65. The summed E-state index contributed by atoms with van der Waals surface area (Å²) in [5.41, 5.74) is 1.00. The summed E-state index contributed by atoms with van der Waals surface area (Å²) in [5, 5.41) is 0. The third-order valence-corrected chi connectivity index (χ3v) is 1.94. The van der Waals surface area contributed by atoms with Crippen molar-refractivity contribution in [2.45, 2.75) is 11.8 Å². The van der Waals surface area contributed by atoms with E-state index in [1.54, 1.807) is 13.0 Å². The molecule has 1 atom stereocenters. The lowest BCUT2D eigenvalue weighted by atomic mass is 10.2. The van der Waals surface area contributed by atoms with Crippen molar-refractivity contribution in [1.82, 2.24) is 0 Å². The number of ether oxygens (including phenoxy) is 1. The minimum atomic E-state index is -0.294. The lowest BCUT2D eigenvalue weighted by Crippen LogP contribution is -2.10. The fraction of sp³-hybridized carbons (Fsp3) is 0.182. The Morgan fingerprint density at radius 1 is 1.43 bits per heavy atom. The lowest BCUT2D eigenvalue weighted by molar-refractivity contribution is -0.136. The largest absolute Gasteiger partial charge is 0.434 e. The summed E-state index contributed by atoms with van der Waals surface area (Å²) < 4.78 is 4.84. The topological polar surface area (TPSA) is 26.3 Å². The van der Waals surface area contributed by atoms with E-state index >= 15 is 0 Å². The first-order valence-corrected chi connectivity index (χ1v) is 5.18. The zero-order valence-corrected chi connectivity index (χ0v) is 9.40.